The summed E-state index contributed by atoms with van der Waals surface area (Å²) in [4.78, 5) is 12.7. The minimum absolute atomic E-state index is 0.233. The molecule has 0 saturated heterocycles. The van der Waals surface area contributed by atoms with E-state index in [4.69, 9.17) is 27.9 Å². The summed E-state index contributed by atoms with van der Waals surface area (Å²) in [6, 6.07) is 18.3. The first-order valence-corrected chi connectivity index (χ1v) is 10.5. The first-order valence-electron chi connectivity index (χ1n) is 9.71. The van der Waals surface area contributed by atoms with Crippen LogP contribution in [0.2, 0.25) is 10.0 Å². The van der Waals surface area contributed by atoms with Crippen LogP contribution in [0.3, 0.4) is 0 Å². The number of hydrogen-bond acceptors (Lipinski definition) is 3. The van der Waals surface area contributed by atoms with Crippen LogP contribution in [0, 0.1) is 5.82 Å². The summed E-state index contributed by atoms with van der Waals surface area (Å²) < 4.78 is 20.4. The van der Waals surface area contributed by atoms with Crippen LogP contribution < -0.4 is 10.1 Å². The summed E-state index contributed by atoms with van der Waals surface area (Å²) >= 11 is 12.1. The lowest BCUT2D eigenvalue weighted by Gasteiger charge is -2.10. The van der Waals surface area contributed by atoms with Gasteiger partial charge in [-0.05, 0) is 47.5 Å². The first kappa shape index (κ1) is 21.9. The highest BCUT2D eigenvalue weighted by Gasteiger charge is 2.10. The Labute approximate surface area is 194 Å². The van der Waals surface area contributed by atoms with Gasteiger partial charge in [-0.3, -0.25) is 9.48 Å². The molecule has 0 spiro atoms. The second kappa shape index (κ2) is 9.85. The van der Waals surface area contributed by atoms with Gasteiger partial charge in [0.1, 0.15) is 18.2 Å². The molecule has 0 aliphatic heterocycles. The van der Waals surface area contributed by atoms with Crippen LogP contribution in [0.1, 0.15) is 21.5 Å². The van der Waals surface area contributed by atoms with Gasteiger partial charge in [0.15, 0.2) is 0 Å². The van der Waals surface area contributed by atoms with Crippen molar-refractivity contribution in [2.75, 3.05) is 5.32 Å². The van der Waals surface area contributed by atoms with Crippen molar-refractivity contribution in [2.24, 2.45) is 0 Å². The number of amides is 1. The van der Waals surface area contributed by atoms with Gasteiger partial charge in [0.05, 0.1) is 23.5 Å². The molecular weight excluding hydrogens is 452 g/mol. The van der Waals surface area contributed by atoms with E-state index in [0.717, 1.165) is 11.1 Å². The SMILES string of the molecule is O=C(Nc1cnn(Cc2ccc(F)cc2)c1)c1cccc(COc2cc(Cl)ccc2Cl)c1. The number of aromatic nitrogens is 2. The number of halogens is 3. The molecule has 1 N–H and O–H groups in total. The second-order valence-corrected chi connectivity index (χ2v) is 7.91. The average molecular weight is 470 g/mol. The number of nitrogens with one attached hydrogen (secondary N) is 1. The molecule has 162 valence electrons. The predicted octanol–water partition coefficient (Wildman–Crippen LogP) is 6.21. The third kappa shape index (κ3) is 5.66. The van der Waals surface area contributed by atoms with Crippen LogP contribution >= 0.6 is 23.2 Å². The summed E-state index contributed by atoms with van der Waals surface area (Å²) in [5.74, 6) is -0.0815. The van der Waals surface area contributed by atoms with Crippen molar-refractivity contribution in [1.82, 2.24) is 9.78 Å². The quantitative estimate of drug-likeness (QED) is 0.350. The highest BCUT2D eigenvalue weighted by Crippen LogP contribution is 2.28. The number of benzene rings is 3. The van der Waals surface area contributed by atoms with E-state index >= 15 is 0 Å². The van der Waals surface area contributed by atoms with Crippen LogP contribution in [0.4, 0.5) is 10.1 Å². The van der Waals surface area contributed by atoms with Gasteiger partial charge in [-0.2, -0.15) is 5.10 Å². The van der Waals surface area contributed by atoms with E-state index < -0.39 is 0 Å². The van der Waals surface area contributed by atoms with Crippen LogP contribution in [-0.2, 0) is 13.2 Å². The van der Waals surface area contributed by atoms with Crippen molar-refractivity contribution in [3.63, 3.8) is 0 Å². The minimum atomic E-state index is -0.287. The number of ether oxygens (including phenoxy) is 1. The Bertz CT molecular complexity index is 1240. The molecule has 0 saturated carbocycles. The van der Waals surface area contributed by atoms with E-state index in [1.165, 1.54) is 12.1 Å². The van der Waals surface area contributed by atoms with Crippen LogP contribution in [0.15, 0.2) is 79.1 Å². The summed E-state index contributed by atoms with van der Waals surface area (Å²) in [7, 11) is 0. The number of anilines is 1. The maximum absolute atomic E-state index is 13.0. The van der Waals surface area contributed by atoms with Gasteiger partial charge in [-0.1, -0.05) is 47.5 Å². The van der Waals surface area contributed by atoms with Gasteiger partial charge in [0.2, 0.25) is 0 Å². The second-order valence-electron chi connectivity index (χ2n) is 7.07. The predicted molar refractivity (Wildman–Crippen MR) is 123 cm³/mol. The summed E-state index contributed by atoms with van der Waals surface area (Å²) in [6.07, 6.45) is 3.28. The van der Waals surface area contributed by atoms with Gasteiger partial charge in [-0.15, -0.1) is 0 Å². The zero-order valence-corrected chi connectivity index (χ0v) is 18.3. The van der Waals surface area contributed by atoms with E-state index in [0.29, 0.717) is 33.6 Å². The highest BCUT2D eigenvalue weighted by molar-refractivity contribution is 6.34. The van der Waals surface area contributed by atoms with Gasteiger partial charge in [0.25, 0.3) is 5.91 Å². The normalized spacial score (nSPS) is 10.7. The molecule has 4 rings (SSSR count). The number of carbonyl (C=O) groups excluding carboxylic acids is 1. The molecule has 1 aromatic heterocycles. The van der Waals surface area contributed by atoms with Crippen molar-refractivity contribution in [3.05, 3.63) is 112 Å². The maximum Gasteiger partial charge on any atom is 0.255 e. The van der Waals surface area contributed by atoms with Crippen molar-refractivity contribution >= 4 is 34.8 Å². The Morgan fingerprint density at radius 3 is 2.66 bits per heavy atom. The Kier molecular flexibility index (Phi) is 6.73. The van der Waals surface area contributed by atoms with E-state index in [2.05, 4.69) is 10.4 Å². The fourth-order valence-electron chi connectivity index (χ4n) is 3.05. The minimum Gasteiger partial charge on any atom is -0.487 e. The van der Waals surface area contributed by atoms with E-state index in [1.54, 1.807) is 65.6 Å². The molecule has 8 heteroatoms. The fourth-order valence-corrected chi connectivity index (χ4v) is 3.38. The van der Waals surface area contributed by atoms with Gasteiger partial charge in [-0.25, -0.2) is 4.39 Å². The summed E-state index contributed by atoms with van der Waals surface area (Å²) in [5.41, 5.74) is 2.75. The highest BCUT2D eigenvalue weighted by atomic mass is 35.5. The average Bonchev–Trinajstić information content (AvgIpc) is 3.23. The number of carbonyl (C=O) groups is 1. The third-order valence-corrected chi connectivity index (χ3v) is 5.17. The van der Waals surface area contributed by atoms with Crippen LogP contribution in [0.25, 0.3) is 0 Å². The van der Waals surface area contributed by atoms with Crippen molar-refractivity contribution in [2.45, 2.75) is 13.2 Å². The number of rotatable bonds is 7. The third-order valence-electron chi connectivity index (χ3n) is 4.63. The molecule has 32 heavy (non-hydrogen) atoms. The lowest BCUT2D eigenvalue weighted by atomic mass is 10.1. The van der Waals surface area contributed by atoms with Crippen molar-refractivity contribution in [1.29, 1.82) is 0 Å². The molecule has 0 atom stereocenters. The first-order chi connectivity index (χ1) is 15.5. The molecule has 4 aromatic rings. The lowest BCUT2D eigenvalue weighted by Crippen LogP contribution is -2.12. The molecule has 0 unspecified atom stereocenters. The van der Waals surface area contributed by atoms with Crippen molar-refractivity contribution < 1.29 is 13.9 Å². The Hall–Kier alpha value is -3.35. The molecule has 0 fully saturated rings. The zero-order chi connectivity index (χ0) is 22.5. The van der Waals surface area contributed by atoms with Gasteiger partial charge in [0, 0.05) is 22.8 Å². The molecule has 0 bridgehead atoms. The topological polar surface area (TPSA) is 56.2 Å². The van der Waals surface area contributed by atoms with Crippen molar-refractivity contribution in [3.8, 4) is 5.75 Å². The molecule has 1 amide bonds. The lowest BCUT2D eigenvalue weighted by molar-refractivity contribution is 0.102. The van der Waals surface area contributed by atoms with Crippen LogP contribution in [0.5, 0.6) is 5.75 Å². The van der Waals surface area contributed by atoms with E-state index in [1.807, 2.05) is 6.07 Å². The monoisotopic (exact) mass is 469 g/mol. The van der Waals surface area contributed by atoms with Gasteiger partial charge >= 0.3 is 0 Å². The van der Waals surface area contributed by atoms with Gasteiger partial charge < -0.3 is 10.1 Å². The number of nitrogens with zero attached hydrogens (tertiary/aromatic N) is 2. The molecule has 0 aliphatic carbocycles. The largest absolute Gasteiger partial charge is 0.487 e. The van der Waals surface area contributed by atoms with E-state index in [-0.39, 0.29) is 18.3 Å². The molecule has 5 nitrogen and oxygen atoms in total. The Morgan fingerprint density at radius 1 is 1.03 bits per heavy atom. The Balaban J connectivity index is 1.38. The molecule has 0 aliphatic rings. The Morgan fingerprint density at radius 2 is 1.84 bits per heavy atom. The smallest absolute Gasteiger partial charge is 0.255 e. The summed E-state index contributed by atoms with van der Waals surface area (Å²) in [5, 5.41) is 8.06. The molecule has 3 aromatic carbocycles. The fraction of sp³-hybridized carbons (Fsp3) is 0.0833. The standard InChI is InChI=1S/C24H18Cl2FN3O2/c25-19-6-9-22(26)23(11-19)32-15-17-2-1-3-18(10-17)24(31)29-21-12-28-30(14-21)13-16-4-7-20(27)8-5-16/h1-12,14H,13,15H2,(H,29,31). The number of hydrogen-bond donors (Lipinski definition) is 1. The maximum atomic E-state index is 13.0. The van der Waals surface area contributed by atoms with Crippen LogP contribution in [-0.4, -0.2) is 15.7 Å². The van der Waals surface area contributed by atoms with E-state index in [9.17, 15) is 9.18 Å². The molecule has 1 heterocycles. The molecule has 0 radical (unpaired) electrons. The zero-order valence-electron chi connectivity index (χ0n) is 16.8. The summed E-state index contributed by atoms with van der Waals surface area (Å²) in [6.45, 7) is 0.700. The molecular formula is C24H18Cl2FN3O2.